The third-order valence-corrected chi connectivity index (χ3v) is 4.18. The van der Waals surface area contributed by atoms with Crippen molar-refractivity contribution in [3.05, 3.63) is 35.9 Å². The first kappa shape index (κ1) is 15.7. The van der Waals surface area contributed by atoms with Crippen molar-refractivity contribution in [1.82, 2.24) is 10.3 Å². The minimum absolute atomic E-state index is 0.00269. The minimum Gasteiger partial charge on any atom is -0.378 e. The average molecular weight is 315 g/mol. The molecule has 23 heavy (non-hydrogen) atoms. The van der Waals surface area contributed by atoms with Gasteiger partial charge >= 0.3 is 0 Å². The number of morpholine rings is 1. The van der Waals surface area contributed by atoms with Gasteiger partial charge in [0.25, 0.3) is 0 Å². The molecule has 1 fully saturated rings. The summed E-state index contributed by atoms with van der Waals surface area (Å²) in [7, 11) is 0. The highest BCUT2D eigenvalue weighted by Crippen LogP contribution is 2.12. The Balaban J connectivity index is 1.48. The van der Waals surface area contributed by atoms with Crippen LogP contribution in [-0.2, 0) is 20.7 Å². The number of nitrogens with one attached hydrogen (secondary N) is 1. The molecule has 1 N–H and O–H groups in total. The highest BCUT2D eigenvalue weighted by molar-refractivity contribution is 6.40. The molecule has 0 spiro atoms. The fourth-order valence-electron chi connectivity index (χ4n) is 2.81. The third-order valence-electron chi connectivity index (χ3n) is 4.18. The smallest absolute Gasteiger partial charge is 0.247 e. The van der Waals surface area contributed by atoms with E-state index in [1.165, 1.54) is 0 Å². The predicted octanol–water partition coefficient (Wildman–Crippen LogP) is 0.765. The number of hydrogen-bond acceptors (Lipinski definition) is 5. The summed E-state index contributed by atoms with van der Waals surface area (Å²) in [6, 6.07) is 9.48. The maximum Gasteiger partial charge on any atom is 0.247 e. The number of Topliss-reactive ketones (excluding diaryl/α,β-unsaturated/α-hetero) is 1. The van der Waals surface area contributed by atoms with Gasteiger partial charge in [-0.05, 0) is 12.0 Å². The summed E-state index contributed by atoms with van der Waals surface area (Å²) in [6.45, 7) is 2.35. The van der Waals surface area contributed by atoms with E-state index in [-0.39, 0.29) is 11.7 Å². The van der Waals surface area contributed by atoms with Crippen LogP contribution >= 0.6 is 0 Å². The molecule has 2 aliphatic rings. The first-order valence-electron chi connectivity index (χ1n) is 8.00. The van der Waals surface area contributed by atoms with Gasteiger partial charge in [0.1, 0.15) is 11.8 Å². The average Bonchev–Trinajstić information content (AvgIpc) is 3.11. The highest BCUT2D eigenvalue weighted by Gasteiger charge is 2.32. The lowest BCUT2D eigenvalue weighted by Gasteiger charge is -2.28. The monoisotopic (exact) mass is 315 g/mol. The van der Waals surface area contributed by atoms with Crippen LogP contribution in [0.1, 0.15) is 18.4 Å². The quantitative estimate of drug-likeness (QED) is 0.871. The summed E-state index contributed by atoms with van der Waals surface area (Å²) in [6.07, 6.45) is 1.49. The molecule has 0 radical (unpaired) electrons. The van der Waals surface area contributed by atoms with E-state index in [0.29, 0.717) is 51.3 Å². The van der Waals surface area contributed by atoms with Gasteiger partial charge in [0.2, 0.25) is 5.91 Å². The van der Waals surface area contributed by atoms with Crippen molar-refractivity contribution in [1.29, 1.82) is 0 Å². The molecule has 1 unspecified atom stereocenters. The Morgan fingerprint density at radius 1 is 1.22 bits per heavy atom. The normalized spacial score (nSPS) is 20.8. The third kappa shape index (κ3) is 3.96. The van der Waals surface area contributed by atoms with Crippen molar-refractivity contribution in [2.45, 2.75) is 25.3 Å². The van der Waals surface area contributed by atoms with Gasteiger partial charge in [-0.25, -0.2) is 0 Å². The van der Waals surface area contributed by atoms with E-state index in [2.05, 4.69) is 10.5 Å². The van der Waals surface area contributed by atoms with Gasteiger partial charge in [0.15, 0.2) is 5.78 Å². The lowest BCUT2D eigenvalue weighted by atomic mass is 10.0. The molecule has 1 aromatic rings. The zero-order valence-electron chi connectivity index (χ0n) is 13.0. The van der Waals surface area contributed by atoms with Crippen LogP contribution in [0, 0.1) is 0 Å². The van der Waals surface area contributed by atoms with E-state index in [4.69, 9.17) is 4.74 Å². The Hall–Kier alpha value is -2.21. The number of carbonyl (C=O) groups excluding carboxylic acids is 2. The summed E-state index contributed by atoms with van der Waals surface area (Å²) in [5, 5.41) is 4.08. The number of nitrogens with zero attached hydrogens (tertiary/aromatic N) is 2. The molecule has 122 valence electrons. The lowest BCUT2D eigenvalue weighted by molar-refractivity contribution is -0.137. The molecule has 0 aromatic heterocycles. The van der Waals surface area contributed by atoms with Gasteiger partial charge in [-0.15, -0.1) is 0 Å². The number of carbonyl (C=O) groups is 2. The van der Waals surface area contributed by atoms with E-state index in [1.807, 2.05) is 30.3 Å². The molecule has 2 aliphatic heterocycles. The van der Waals surface area contributed by atoms with Crippen molar-refractivity contribution >= 4 is 17.4 Å². The zero-order chi connectivity index (χ0) is 16.1. The topological polar surface area (TPSA) is 71.0 Å². The molecule has 2 heterocycles. The maximum absolute atomic E-state index is 12.4. The SMILES string of the molecule is O=C(CCc1ccccc1)C1=NNC(C(=O)N2CCOCC2)C1. The van der Waals surface area contributed by atoms with Gasteiger partial charge in [0.05, 0.1) is 13.2 Å². The Morgan fingerprint density at radius 2 is 1.96 bits per heavy atom. The first-order valence-corrected chi connectivity index (χ1v) is 8.00. The second-order valence-electron chi connectivity index (χ2n) is 5.79. The molecular weight excluding hydrogens is 294 g/mol. The summed E-state index contributed by atoms with van der Waals surface area (Å²) < 4.78 is 5.25. The van der Waals surface area contributed by atoms with Gasteiger partial charge in [0, 0.05) is 25.9 Å². The van der Waals surface area contributed by atoms with Crippen LogP contribution in [0.2, 0.25) is 0 Å². The molecule has 0 saturated carbocycles. The lowest BCUT2D eigenvalue weighted by Crippen LogP contribution is -2.48. The second-order valence-corrected chi connectivity index (χ2v) is 5.79. The summed E-state index contributed by atoms with van der Waals surface area (Å²) >= 11 is 0. The van der Waals surface area contributed by atoms with Crippen LogP contribution in [0.5, 0.6) is 0 Å². The molecule has 1 saturated heterocycles. The molecule has 3 rings (SSSR count). The van der Waals surface area contributed by atoms with Gasteiger partial charge < -0.3 is 9.64 Å². The Labute approximate surface area is 135 Å². The number of ether oxygens (including phenoxy) is 1. The van der Waals surface area contributed by atoms with Crippen molar-refractivity contribution < 1.29 is 14.3 Å². The number of benzene rings is 1. The maximum atomic E-state index is 12.4. The highest BCUT2D eigenvalue weighted by atomic mass is 16.5. The van der Waals surface area contributed by atoms with Crippen LogP contribution in [0.4, 0.5) is 0 Å². The number of hydrazone groups is 1. The van der Waals surface area contributed by atoms with E-state index in [1.54, 1.807) is 4.90 Å². The van der Waals surface area contributed by atoms with E-state index in [9.17, 15) is 9.59 Å². The Morgan fingerprint density at radius 3 is 2.70 bits per heavy atom. The largest absolute Gasteiger partial charge is 0.378 e. The van der Waals surface area contributed by atoms with Crippen LogP contribution in [0.3, 0.4) is 0 Å². The minimum atomic E-state index is -0.413. The summed E-state index contributed by atoms with van der Waals surface area (Å²) in [5.41, 5.74) is 4.43. The fraction of sp³-hybridized carbons (Fsp3) is 0.471. The first-order chi connectivity index (χ1) is 11.2. The number of ketones is 1. The zero-order valence-corrected chi connectivity index (χ0v) is 13.0. The van der Waals surface area contributed by atoms with E-state index >= 15 is 0 Å². The summed E-state index contributed by atoms with van der Waals surface area (Å²) in [4.78, 5) is 26.4. The standard InChI is InChI=1S/C17H21N3O3/c21-16(7-6-13-4-2-1-3-5-13)14-12-15(19-18-14)17(22)20-8-10-23-11-9-20/h1-5,15,19H,6-12H2. The van der Waals surface area contributed by atoms with Crippen molar-refractivity contribution in [2.24, 2.45) is 5.10 Å². The van der Waals surface area contributed by atoms with Crippen molar-refractivity contribution in [2.75, 3.05) is 26.3 Å². The van der Waals surface area contributed by atoms with Crippen LogP contribution in [0.25, 0.3) is 0 Å². The number of rotatable bonds is 5. The number of aryl methyl sites for hydroxylation is 1. The fourth-order valence-corrected chi connectivity index (χ4v) is 2.81. The molecule has 1 amide bonds. The number of hydrogen-bond donors (Lipinski definition) is 1. The van der Waals surface area contributed by atoms with E-state index < -0.39 is 6.04 Å². The predicted molar refractivity (Wildman–Crippen MR) is 86.1 cm³/mol. The van der Waals surface area contributed by atoms with E-state index in [0.717, 1.165) is 5.56 Å². The summed E-state index contributed by atoms with van der Waals surface area (Å²) in [5.74, 6) is 0.0153. The number of amides is 1. The molecule has 0 bridgehead atoms. The Kier molecular flexibility index (Phi) is 5.02. The molecule has 6 heteroatoms. The van der Waals surface area contributed by atoms with Crippen LogP contribution in [0.15, 0.2) is 35.4 Å². The van der Waals surface area contributed by atoms with Gasteiger partial charge in [-0.1, -0.05) is 30.3 Å². The van der Waals surface area contributed by atoms with Gasteiger partial charge in [-0.3, -0.25) is 15.0 Å². The van der Waals surface area contributed by atoms with Crippen LogP contribution in [-0.4, -0.2) is 54.6 Å². The molecule has 6 nitrogen and oxygen atoms in total. The molecular formula is C17H21N3O3. The molecule has 0 aliphatic carbocycles. The van der Waals surface area contributed by atoms with Crippen molar-refractivity contribution in [3.8, 4) is 0 Å². The molecule has 1 atom stereocenters. The molecule has 1 aromatic carbocycles. The van der Waals surface area contributed by atoms with Crippen molar-refractivity contribution in [3.63, 3.8) is 0 Å². The Bertz CT molecular complexity index is 594. The van der Waals surface area contributed by atoms with Crippen LogP contribution < -0.4 is 5.43 Å². The van der Waals surface area contributed by atoms with Gasteiger partial charge in [-0.2, -0.15) is 5.10 Å². The second kappa shape index (κ2) is 7.37.